The van der Waals surface area contributed by atoms with Crippen molar-refractivity contribution in [1.82, 2.24) is 0 Å². The Hall–Kier alpha value is -0.820. The number of hydrogen-bond donors (Lipinski definition) is 1. The van der Waals surface area contributed by atoms with Gasteiger partial charge in [-0.1, -0.05) is 17.7 Å². The molecule has 0 saturated heterocycles. The molecule has 1 saturated carbocycles. The second-order valence-corrected chi connectivity index (χ2v) is 5.59. The van der Waals surface area contributed by atoms with Gasteiger partial charge in [-0.25, -0.2) is 0 Å². The van der Waals surface area contributed by atoms with Crippen molar-refractivity contribution in [2.75, 3.05) is 6.54 Å². The van der Waals surface area contributed by atoms with E-state index in [2.05, 4.69) is 32.9 Å². The molecule has 0 aliphatic heterocycles. The summed E-state index contributed by atoms with van der Waals surface area (Å²) < 4.78 is 0. The van der Waals surface area contributed by atoms with E-state index in [1.807, 2.05) is 0 Å². The molecule has 0 aromatic heterocycles. The summed E-state index contributed by atoms with van der Waals surface area (Å²) in [7, 11) is 0. The van der Waals surface area contributed by atoms with E-state index in [0.717, 1.165) is 6.54 Å². The first kappa shape index (κ1) is 11.7. The summed E-state index contributed by atoms with van der Waals surface area (Å²) in [4.78, 5) is 0. The molecule has 0 atom stereocenters. The van der Waals surface area contributed by atoms with Gasteiger partial charge in [0.1, 0.15) is 0 Å². The normalized spacial score (nSPS) is 17.5. The van der Waals surface area contributed by atoms with Gasteiger partial charge >= 0.3 is 0 Å². The van der Waals surface area contributed by atoms with Gasteiger partial charge in [0.2, 0.25) is 0 Å². The third-order valence-corrected chi connectivity index (χ3v) is 4.02. The van der Waals surface area contributed by atoms with Crippen LogP contribution in [0, 0.1) is 26.2 Å². The number of nitrogens with two attached hydrogens (primary N) is 1. The average molecular weight is 217 g/mol. The average Bonchev–Trinajstić information content (AvgIpc) is 2.93. The number of rotatable bonds is 4. The Morgan fingerprint density at radius 3 is 2.12 bits per heavy atom. The van der Waals surface area contributed by atoms with Crippen LogP contribution >= 0.6 is 0 Å². The zero-order chi connectivity index (χ0) is 11.8. The topological polar surface area (TPSA) is 26.0 Å². The minimum Gasteiger partial charge on any atom is -0.330 e. The molecule has 1 nitrogen and oxygen atoms in total. The smallest absolute Gasteiger partial charge is 0.00719 e. The lowest BCUT2D eigenvalue weighted by Crippen LogP contribution is -2.13. The monoisotopic (exact) mass is 217 g/mol. The number of aryl methyl sites for hydroxylation is 3. The van der Waals surface area contributed by atoms with Crippen molar-refractivity contribution in [2.45, 2.75) is 46.5 Å². The Morgan fingerprint density at radius 2 is 1.69 bits per heavy atom. The third-order valence-electron chi connectivity index (χ3n) is 4.02. The molecule has 0 bridgehead atoms. The molecule has 0 spiro atoms. The van der Waals surface area contributed by atoms with E-state index in [9.17, 15) is 0 Å². The minimum absolute atomic E-state index is 0.555. The van der Waals surface area contributed by atoms with Gasteiger partial charge in [0.15, 0.2) is 0 Å². The maximum atomic E-state index is 5.71. The van der Waals surface area contributed by atoms with Crippen LogP contribution in [-0.2, 0) is 6.42 Å². The molecular formula is C15H23N. The van der Waals surface area contributed by atoms with Crippen LogP contribution in [0.2, 0.25) is 0 Å². The molecule has 1 fully saturated rings. The van der Waals surface area contributed by atoms with Gasteiger partial charge in [-0.05, 0) is 75.1 Å². The summed E-state index contributed by atoms with van der Waals surface area (Å²) in [6.45, 7) is 7.50. The van der Waals surface area contributed by atoms with Gasteiger partial charge in [0.25, 0.3) is 0 Å². The van der Waals surface area contributed by atoms with Crippen molar-refractivity contribution in [1.29, 1.82) is 0 Å². The molecule has 1 heteroatoms. The van der Waals surface area contributed by atoms with Crippen molar-refractivity contribution in [2.24, 2.45) is 11.1 Å². The molecule has 0 radical (unpaired) electrons. The Kier molecular flexibility index (Phi) is 3.07. The maximum Gasteiger partial charge on any atom is -0.00719 e. The lowest BCUT2D eigenvalue weighted by Gasteiger charge is -2.18. The van der Waals surface area contributed by atoms with E-state index in [1.54, 1.807) is 5.56 Å². The lowest BCUT2D eigenvalue weighted by molar-refractivity contribution is 0.469. The summed E-state index contributed by atoms with van der Waals surface area (Å²) in [5, 5.41) is 0. The molecule has 16 heavy (non-hydrogen) atoms. The van der Waals surface area contributed by atoms with E-state index in [-0.39, 0.29) is 0 Å². The van der Waals surface area contributed by atoms with Crippen LogP contribution in [-0.4, -0.2) is 6.54 Å². The first-order valence-corrected chi connectivity index (χ1v) is 6.33. The molecule has 1 aliphatic rings. The predicted octanol–water partition coefficient (Wildman–Crippen LogP) is 3.28. The van der Waals surface area contributed by atoms with E-state index in [0.29, 0.717) is 5.41 Å². The van der Waals surface area contributed by atoms with E-state index >= 15 is 0 Å². The fourth-order valence-electron chi connectivity index (χ4n) is 2.86. The highest BCUT2D eigenvalue weighted by Crippen LogP contribution is 2.51. The van der Waals surface area contributed by atoms with Crippen LogP contribution in [0.5, 0.6) is 0 Å². The second-order valence-electron chi connectivity index (χ2n) is 5.59. The van der Waals surface area contributed by atoms with Crippen LogP contribution in [0.4, 0.5) is 0 Å². The number of hydrogen-bond acceptors (Lipinski definition) is 1. The highest BCUT2D eigenvalue weighted by atomic mass is 14.6. The van der Waals surface area contributed by atoms with Crippen LogP contribution in [0.1, 0.15) is 41.5 Å². The molecule has 1 aliphatic carbocycles. The zero-order valence-corrected chi connectivity index (χ0v) is 10.8. The predicted molar refractivity (Wildman–Crippen MR) is 69.7 cm³/mol. The largest absolute Gasteiger partial charge is 0.330 e. The van der Waals surface area contributed by atoms with Crippen molar-refractivity contribution >= 4 is 0 Å². The summed E-state index contributed by atoms with van der Waals surface area (Å²) in [6, 6.07) is 4.61. The van der Waals surface area contributed by atoms with Gasteiger partial charge in [0, 0.05) is 0 Å². The molecule has 1 aromatic carbocycles. The first-order chi connectivity index (χ1) is 7.56. The van der Waals surface area contributed by atoms with Crippen molar-refractivity contribution in [3.63, 3.8) is 0 Å². The van der Waals surface area contributed by atoms with Crippen LogP contribution < -0.4 is 5.73 Å². The molecule has 2 N–H and O–H groups in total. The van der Waals surface area contributed by atoms with Crippen molar-refractivity contribution in [3.8, 4) is 0 Å². The third kappa shape index (κ3) is 2.30. The van der Waals surface area contributed by atoms with E-state index in [4.69, 9.17) is 5.73 Å². The fraction of sp³-hybridized carbons (Fsp3) is 0.600. The SMILES string of the molecule is Cc1cc(C)c(CC2(CCN)CC2)c(C)c1. The quantitative estimate of drug-likeness (QED) is 0.823. The Balaban J connectivity index is 2.21. The van der Waals surface area contributed by atoms with Gasteiger partial charge in [-0.3, -0.25) is 0 Å². The Bertz CT molecular complexity index is 365. The van der Waals surface area contributed by atoms with Gasteiger partial charge < -0.3 is 5.73 Å². The summed E-state index contributed by atoms with van der Waals surface area (Å²) in [5.74, 6) is 0. The fourth-order valence-corrected chi connectivity index (χ4v) is 2.86. The molecular weight excluding hydrogens is 194 g/mol. The molecule has 0 heterocycles. The molecule has 1 aromatic rings. The molecule has 88 valence electrons. The summed E-state index contributed by atoms with van der Waals surface area (Å²) >= 11 is 0. The van der Waals surface area contributed by atoms with Gasteiger partial charge in [-0.15, -0.1) is 0 Å². The standard InChI is InChI=1S/C15H23N/c1-11-8-12(2)14(13(3)9-11)10-15(4-5-15)6-7-16/h8-9H,4-7,10,16H2,1-3H3. The molecule has 0 unspecified atom stereocenters. The van der Waals surface area contributed by atoms with Gasteiger partial charge in [0.05, 0.1) is 0 Å². The summed E-state index contributed by atoms with van der Waals surface area (Å²) in [6.07, 6.45) is 5.18. The highest BCUT2D eigenvalue weighted by Gasteiger charge is 2.41. The molecule has 0 amide bonds. The van der Waals surface area contributed by atoms with Crippen molar-refractivity contribution in [3.05, 3.63) is 34.4 Å². The maximum absolute atomic E-state index is 5.71. The van der Waals surface area contributed by atoms with Crippen LogP contribution in [0.15, 0.2) is 12.1 Å². The van der Waals surface area contributed by atoms with Crippen LogP contribution in [0.25, 0.3) is 0 Å². The second kappa shape index (κ2) is 4.21. The Morgan fingerprint density at radius 1 is 1.12 bits per heavy atom. The highest BCUT2D eigenvalue weighted by molar-refractivity contribution is 5.38. The van der Waals surface area contributed by atoms with Crippen molar-refractivity contribution < 1.29 is 0 Å². The lowest BCUT2D eigenvalue weighted by atomic mass is 9.87. The Labute approximate surface area is 99.0 Å². The first-order valence-electron chi connectivity index (χ1n) is 6.33. The summed E-state index contributed by atoms with van der Waals surface area (Å²) in [5.41, 5.74) is 12.1. The minimum atomic E-state index is 0.555. The zero-order valence-electron chi connectivity index (χ0n) is 10.8. The van der Waals surface area contributed by atoms with E-state index < -0.39 is 0 Å². The van der Waals surface area contributed by atoms with Crippen LogP contribution in [0.3, 0.4) is 0 Å². The van der Waals surface area contributed by atoms with Gasteiger partial charge in [-0.2, -0.15) is 0 Å². The van der Waals surface area contributed by atoms with E-state index in [1.165, 1.54) is 42.4 Å². The molecule has 2 rings (SSSR count). The number of benzene rings is 1.